The van der Waals surface area contributed by atoms with Gasteiger partial charge in [-0.05, 0) is 41.3 Å². The van der Waals surface area contributed by atoms with Gasteiger partial charge >= 0.3 is 0 Å². The van der Waals surface area contributed by atoms with Crippen molar-refractivity contribution in [2.24, 2.45) is 0 Å². The van der Waals surface area contributed by atoms with E-state index in [9.17, 15) is 0 Å². The molecule has 3 heteroatoms. The van der Waals surface area contributed by atoms with E-state index in [2.05, 4.69) is 16.4 Å². The number of benzene rings is 2. The van der Waals surface area contributed by atoms with Gasteiger partial charge in [-0.2, -0.15) is 0 Å². The molecule has 0 aliphatic rings. The number of hydrogen-bond donors (Lipinski definition) is 1. The SMILES string of the molecule is OCCCc1ccc2cc(OCl)ccc2c1. The van der Waals surface area contributed by atoms with Crippen molar-refractivity contribution < 1.29 is 9.40 Å². The van der Waals surface area contributed by atoms with Gasteiger partial charge in [0, 0.05) is 6.61 Å². The maximum atomic E-state index is 8.78. The molecule has 0 aliphatic heterocycles. The summed E-state index contributed by atoms with van der Waals surface area (Å²) in [5.41, 5.74) is 1.24. The first-order valence-electron chi connectivity index (χ1n) is 5.25. The van der Waals surface area contributed by atoms with Gasteiger partial charge in [0.25, 0.3) is 0 Å². The second-order valence-corrected chi connectivity index (χ2v) is 3.90. The molecule has 0 saturated carbocycles. The van der Waals surface area contributed by atoms with E-state index in [1.165, 1.54) is 5.56 Å². The van der Waals surface area contributed by atoms with Crippen LogP contribution in [0.5, 0.6) is 5.75 Å². The maximum absolute atomic E-state index is 8.78. The average Bonchev–Trinajstić information content (AvgIpc) is 2.35. The quantitative estimate of drug-likeness (QED) is 0.883. The first-order chi connectivity index (χ1) is 7.83. The zero-order valence-electron chi connectivity index (χ0n) is 8.82. The molecule has 0 aliphatic carbocycles. The van der Waals surface area contributed by atoms with E-state index in [0.717, 1.165) is 23.6 Å². The van der Waals surface area contributed by atoms with Crippen LogP contribution in [0.2, 0.25) is 0 Å². The van der Waals surface area contributed by atoms with E-state index in [1.54, 1.807) is 0 Å². The van der Waals surface area contributed by atoms with Crippen molar-refractivity contribution in [3.8, 4) is 5.75 Å². The zero-order valence-corrected chi connectivity index (χ0v) is 9.57. The number of rotatable bonds is 4. The van der Waals surface area contributed by atoms with Gasteiger partial charge < -0.3 is 9.40 Å². The van der Waals surface area contributed by atoms with Crippen molar-refractivity contribution in [1.82, 2.24) is 0 Å². The molecule has 2 rings (SSSR count). The lowest BCUT2D eigenvalue weighted by Crippen LogP contribution is -1.89. The molecular weight excluding hydrogens is 224 g/mol. The molecule has 84 valence electrons. The number of aryl methyl sites for hydroxylation is 1. The molecule has 2 aromatic rings. The monoisotopic (exact) mass is 236 g/mol. The van der Waals surface area contributed by atoms with Gasteiger partial charge in [-0.25, -0.2) is 0 Å². The number of halogens is 1. The van der Waals surface area contributed by atoms with Gasteiger partial charge in [-0.1, -0.05) is 24.3 Å². The highest BCUT2D eigenvalue weighted by Crippen LogP contribution is 2.23. The molecule has 0 fully saturated rings. The van der Waals surface area contributed by atoms with Gasteiger partial charge in [-0.3, -0.25) is 0 Å². The van der Waals surface area contributed by atoms with Crippen LogP contribution in [0.1, 0.15) is 12.0 Å². The number of aliphatic hydroxyl groups is 1. The van der Waals surface area contributed by atoms with E-state index in [-0.39, 0.29) is 6.61 Å². The van der Waals surface area contributed by atoms with Crippen molar-refractivity contribution >= 4 is 22.6 Å². The summed E-state index contributed by atoms with van der Waals surface area (Å²) in [5.74, 6) is 0.650. The van der Waals surface area contributed by atoms with E-state index < -0.39 is 0 Å². The number of fused-ring (bicyclic) bond motifs is 1. The van der Waals surface area contributed by atoms with Crippen LogP contribution in [-0.2, 0) is 6.42 Å². The van der Waals surface area contributed by atoms with Crippen molar-refractivity contribution in [2.75, 3.05) is 6.61 Å². The third kappa shape index (κ3) is 2.46. The predicted molar refractivity (Wildman–Crippen MR) is 65.8 cm³/mol. The molecule has 16 heavy (non-hydrogen) atoms. The smallest absolute Gasteiger partial charge is 0.146 e. The number of aliphatic hydroxyl groups excluding tert-OH is 1. The summed E-state index contributed by atoms with van der Waals surface area (Å²) in [5, 5.41) is 11.0. The molecule has 1 N–H and O–H groups in total. The molecule has 0 atom stereocenters. The summed E-state index contributed by atoms with van der Waals surface area (Å²) in [6.45, 7) is 0.233. The normalized spacial score (nSPS) is 10.6. The maximum Gasteiger partial charge on any atom is 0.146 e. The summed E-state index contributed by atoms with van der Waals surface area (Å²) in [6, 6.07) is 12.0. The van der Waals surface area contributed by atoms with Gasteiger partial charge in [0.05, 0.1) is 0 Å². The van der Waals surface area contributed by atoms with Gasteiger partial charge in [0.1, 0.15) is 17.6 Å². The van der Waals surface area contributed by atoms with E-state index in [0.29, 0.717) is 5.75 Å². The van der Waals surface area contributed by atoms with Crippen LogP contribution in [0.4, 0.5) is 0 Å². The average molecular weight is 237 g/mol. The molecule has 0 heterocycles. The minimum Gasteiger partial charge on any atom is -0.396 e. The Labute approximate surface area is 99.6 Å². The molecule has 0 amide bonds. The van der Waals surface area contributed by atoms with Crippen molar-refractivity contribution in [3.63, 3.8) is 0 Å². The zero-order chi connectivity index (χ0) is 11.4. The highest BCUT2D eigenvalue weighted by molar-refractivity contribution is 6.09. The van der Waals surface area contributed by atoms with Crippen LogP contribution >= 0.6 is 11.9 Å². The fourth-order valence-corrected chi connectivity index (χ4v) is 1.86. The highest BCUT2D eigenvalue weighted by Gasteiger charge is 1.99. The molecule has 0 saturated heterocycles. The van der Waals surface area contributed by atoms with Gasteiger partial charge in [0.15, 0.2) is 0 Å². The van der Waals surface area contributed by atoms with Crippen molar-refractivity contribution in [3.05, 3.63) is 42.0 Å². The minimum absolute atomic E-state index is 0.233. The van der Waals surface area contributed by atoms with Gasteiger partial charge in [-0.15, -0.1) is 0 Å². The largest absolute Gasteiger partial charge is 0.396 e. The topological polar surface area (TPSA) is 29.5 Å². The molecule has 2 aromatic carbocycles. The lowest BCUT2D eigenvalue weighted by Gasteiger charge is -2.04. The Balaban J connectivity index is 2.32. The lowest BCUT2D eigenvalue weighted by atomic mass is 10.0. The summed E-state index contributed by atoms with van der Waals surface area (Å²) in [6.07, 6.45) is 1.70. The van der Waals surface area contributed by atoms with Crippen LogP contribution < -0.4 is 4.29 Å². The van der Waals surface area contributed by atoms with E-state index >= 15 is 0 Å². The van der Waals surface area contributed by atoms with Crippen LogP contribution in [0.15, 0.2) is 36.4 Å². The Morgan fingerprint density at radius 3 is 2.56 bits per heavy atom. The summed E-state index contributed by atoms with van der Waals surface area (Å²) >= 11 is 5.30. The van der Waals surface area contributed by atoms with Crippen LogP contribution in [0.3, 0.4) is 0 Å². The molecule has 0 bridgehead atoms. The Bertz CT molecular complexity index is 482. The van der Waals surface area contributed by atoms with E-state index in [4.69, 9.17) is 17.0 Å². The summed E-state index contributed by atoms with van der Waals surface area (Å²) in [4.78, 5) is 0. The summed E-state index contributed by atoms with van der Waals surface area (Å²) < 4.78 is 4.66. The molecular formula is C13H13ClO2. The van der Waals surface area contributed by atoms with Crippen molar-refractivity contribution in [2.45, 2.75) is 12.8 Å². The van der Waals surface area contributed by atoms with Crippen LogP contribution in [0.25, 0.3) is 10.8 Å². The standard InChI is InChI=1S/C13H13ClO2/c14-16-13-6-5-11-8-10(2-1-7-15)3-4-12(11)9-13/h3-6,8-9,15H,1-2,7H2. The Morgan fingerprint density at radius 1 is 1.06 bits per heavy atom. The Morgan fingerprint density at radius 2 is 1.81 bits per heavy atom. The number of hydrogen-bond acceptors (Lipinski definition) is 2. The molecule has 0 unspecified atom stereocenters. The molecule has 2 nitrogen and oxygen atoms in total. The first kappa shape index (κ1) is 11.2. The second kappa shape index (κ2) is 5.19. The fraction of sp³-hybridized carbons (Fsp3) is 0.231. The van der Waals surface area contributed by atoms with Crippen molar-refractivity contribution in [1.29, 1.82) is 0 Å². The van der Waals surface area contributed by atoms with E-state index in [1.807, 2.05) is 24.3 Å². The lowest BCUT2D eigenvalue weighted by molar-refractivity contribution is 0.288. The summed E-state index contributed by atoms with van der Waals surface area (Å²) in [7, 11) is 0. The second-order valence-electron chi connectivity index (χ2n) is 3.75. The third-order valence-corrected chi connectivity index (χ3v) is 2.77. The van der Waals surface area contributed by atoms with Gasteiger partial charge in [0.2, 0.25) is 0 Å². The Kier molecular flexibility index (Phi) is 3.65. The molecule has 0 spiro atoms. The minimum atomic E-state index is 0.233. The van der Waals surface area contributed by atoms with Crippen LogP contribution in [-0.4, -0.2) is 11.7 Å². The third-order valence-electron chi connectivity index (χ3n) is 2.59. The first-order valence-corrected chi connectivity index (χ1v) is 5.56. The highest BCUT2D eigenvalue weighted by atomic mass is 35.5. The Hall–Kier alpha value is -1.25. The molecule has 0 aromatic heterocycles. The fourth-order valence-electron chi connectivity index (χ4n) is 1.76. The van der Waals surface area contributed by atoms with Crippen LogP contribution in [0, 0.1) is 0 Å². The molecule has 0 radical (unpaired) electrons. The predicted octanol–water partition coefficient (Wildman–Crippen LogP) is 3.30.